The van der Waals surface area contributed by atoms with Gasteiger partial charge >= 0.3 is 5.97 Å². The standard InChI is InChI=1S/C23H25ClN2O4S/c1-15(2)19-13-20(24)16(3)12-21(19)30-23(27)17-8-10-26(11-9-17)31(28,29)22-7-5-4-6-18(22)14-25/h4-7,12-13,15,17H,8-11H2,1-3H3. The lowest BCUT2D eigenvalue weighted by Crippen LogP contribution is -2.41. The topological polar surface area (TPSA) is 87.5 Å². The van der Waals surface area contributed by atoms with Gasteiger partial charge in [-0.15, -0.1) is 0 Å². The van der Waals surface area contributed by atoms with Gasteiger partial charge in [-0.25, -0.2) is 8.42 Å². The first-order valence-corrected chi connectivity index (χ1v) is 12.0. The molecule has 0 bridgehead atoms. The number of esters is 1. The molecular weight excluding hydrogens is 436 g/mol. The molecule has 0 unspecified atom stereocenters. The highest BCUT2D eigenvalue weighted by molar-refractivity contribution is 7.89. The number of hydrogen-bond acceptors (Lipinski definition) is 5. The molecule has 0 radical (unpaired) electrons. The molecule has 2 aromatic rings. The molecule has 1 aliphatic rings. The van der Waals surface area contributed by atoms with Gasteiger partial charge in [-0.2, -0.15) is 9.57 Å². The van der Waals surface area contributed by atoms with Crippen LogP contribution in [-0.2, 0) is 14.8 Å². The lowest BCUT2D eigenvalue weighted by molar-refractivity contribution is -0.140. The Morgan fingerprint density at radius 1 is 1.23 bits per heavy atom. The first-order chi connectivity index (χ1) is 14.6. The van der Waals surface area contributed by atoms with E-state index in [2.05, 4.69) is 0 Å². The number of halogens is 1. The second kappa shape index (κ2) is 9.39. The molecule has 2 aromatic carbocycles. The zero-order chi connectivity index (χ0) is 22.8. The highest BCUT2D eigenvalue weighted by Gasteiger charge is 2.34. The van der Waals surface area contributed by atoms with Gasteiger partial charge in [0.2, 0.25) is 10.0 Å². The maximum atomic E-state index is 13.0. The summed E-state index contributed by atoms with van der Waals surface area (Å²) >= 11 is 6.22. The SMILES string of the molecule is Cc1cc(OC(=O)C2CCN(S(=O)(=O)c3ccccc3C#N)CC2)c(C(C)C)cc1Cl. The van der Waals surface area contributed by atoms with Gasteiger partial charge in [-0.1, -0.05) is 37.6 Å². The first kappa shape index (κ1) is 23.3. The number of hydrogen-bond donors (Lipinski definition) is 0. The molecule has 0 N–H and O–H groups in total. The van der Waals surface area contributed by atoms with Gasteiger partial charge in [-0.3, -0.25) is 4.79 Å². The van der Waals surface area contributed by atoms with Gasteiger partial charge in [0.15, 0.2) is 0 Å². The molecule has 0 spiro atoms. The van der Waals surface area contributed by atoms with Crippen LogP contribution >= 0.6 is 11.6 Å². The van der Waals surface area contributed by atoms with E-state index in [-0.39, 0.29) is 35.4 Å². The second-order valence-corrected chi connectivity index (χ2v) is 10.3. The third kappa shape index (κ3) is 4.93. The monoisotopic (exact) mass is 460 g/mol. The minimum absolute atomic E-state index is 0.00302. The molecule has 0 aliphatic carbocycles. The first-order valence-electron chi connectivity index (χ1n) is 10.2. The molecule has 164 valence electrons. The Morgan fingerprint density at radius 2 is 1.87 bits per heavy atom. The number of rotatable bonds is 5. The van der Waals surface area contributed by atoms with E-state index in [0.29, 0.717) is 23.6 Å². The van der Waals surface area contributed by atoms with Crippen LogP contribution in [0.4, 0.5) is 0 Å². The summed E-state index contributed by atoms with van der Waals surface area (Å²) in [4.78, 5) is 12.8. The summed E-state index contributed by atoms with van der Waals surface area (Å²) < 4.78 is 33.0. The van der Waals surface area contributed by atoms with Crippen molar-refractivity contribution in [1.82, 2.24) is 4.31 Å². The largest absolute Gasteiger partial charge is 0.426 e. The summed E-state index contributed by atoms with van der Waals surface area (Å²) in [6.45, 7) is 6.24. The third-order valence-corrected chi connectivity index (χ3v) is 7.90. The maximum Gasteiger partial charge on any atom is 0.314 e. The van der Waals surface area contributed by atoms with Crippen LogP contribution in [0.3, 0.4) is 0 Å². The number of ether oxygens (including phenoxy) is 1. The van der Waals surface area contributed by atoms with Crippen molar-refractivity contribution in [2.75, 3.05) is 13.1 Å². The molecule has 1 fully saturated rings. The zero-order valence-corrected chi connectivity index (χ0v) is 19.3. The second-order valence-electron chi connectivity index (χ2n) is 8.00. The molecule has 1 heterocycles. The van der Waals surface area contributed by atoms with E-state index < -0.39 is 15.9 Å². The van der Waals surface area contributed by atoms with Crippen molar-refractivity contribution < 1.29 is 17.9 Å². The number of aryl methyl sites for hydroxylation is 1. The number of benzene rings is 2. The highest BCUT2D eigenvalue weighted by Crippen LogP contribution is 2.33. The summed E-state index contributed by atoms with van der Waals surface area (Å²) in [7, 11) is -3.80. The van der Waals surface area contributed by atoms with Gasteiger partial charge in [0.05, 0.1) is 16.4 Å². The Labute approximate surface area is 188 Å². The predicted octanol–water partition coefficient (Wildman–Crippen LogP) is 4.65. The summed E-state index contributed by atoms with van der Waals surface area (Å²) in [5.74, 6) is -0.125. The van der Waals surface area contributed by atoms with E-state index in [9.17, 15) is 18.5 Å². The number of piperidine rings is 1. The van der Waals surface area contributed by atoms with Gasteiger partial charge in [0, 0.05) is 18.1 Å². The maximum absolute atomic E-state index is 13.0. The van der Waals surface area contributed by atoms with Crippen molar-refractivity contribution in [3.05, 3.63) is 58.1 Å². The lowest BCUT2D eigenvalue weighted by atomic mass is 9.97. The Bertz CT molecular complexity index is 1130. The highest BCUT2D eigenvalue weighted by atomic mass is 35.5. The van der Waals surface area contributed by atoms with Crippen molar-refractivity contribution in [1.29, 1.82) is 5.26 Å². The van der Waals surface area contributed by atoms with E-state index in [1.807, 2.05) is 32.9 Å². The van der Waals surface area contributed by atoms with Crippen molar-refractivity contribution in [3.8, 4) is 11.8 Å². The zero-order valence-electron chi connectivity index (χ0n) is 17.8. The van der Waals surface area contributed by atoms with E-state index in [0.717, 1.165) is 11.1 Å². The van der Waals surface area contributed by atoms with E-state index in [4.69, 9.17) is 16.3 Å². The van der Waals surface area contributed by atoms with Crippen molar-refractivity contribution >= 4 is 27.6 Å². The number of nitrogens with zero attached hydrogens (tertiary/aromatic N) is 2. The average molecular weight is 461 g/mol. The van der Waals surface area contributed by atoms with Crippen molar-refractivity contribution in [2.45, 2.75) is 44.4 Å². The summed E-state index contributed by atoms with van der Waals surface area (Å²) in [6, 6.07) is 11.7. The van der Waals surface area contributed by atoms with Crippen LogP contribution in [0.2, 0.25) is 5.02 Å². The molecule has 31 heavy (non-hydrogen) atoms. The summed E-state index contributed by atoms with van der Waals surface area (Å²) in [6.07, 6.45) is 0.715. The normalized spacial score (nSPS) is 15.6. The molecule has 0 aromatic heterocycles. The van der Waals surface area contributed by atoms with Gasteiger partial charge in [0.25, 0.3) is 0 Å². The molecule has 6 nitrogen and oxygen atoms in total. The lowest BCUT2D eigenvalue weighted by Gasteiger charge is -2.30. The van der Waals surface area contributed by atoms with Gasteiger partial charge in [-0.05, 0) is 61.1 Å². The van der Waals surface area contributed by atoms with Crippen LogP contribution in [0, 0.1) is 24.2 Å². The molecule has 0 saturated carbocycles. The molecule has 1 saturated heterocycles. The molecule has 8 heteroatoms. The number of carbonyl (C=O) groups excluding carboxylic acids is 1. The molecule has 0 amide bonds. The van der Waals surface area contributed by atoms with Crippen LogP contribution < -0.4 is 4.74 Å². The fraction of sp³-hybridized carbons (Fsp3) is 0.391. The summed E-state index contributed by atoms with van der Waals surface area (Å²) in [5.41, 5.74) is 1.80. The van der Waals surface area contributed by atoms with Crippen molar-refractivity contribution in [3.63, 3.8) is 0 Å². The molecule has 1 aliphatic heterocycles. The van der Waals surface area contributed by atoms with Crippen LogP contribution in [0.1, 0.15) is 49.3 Å². The van der Waals surface area contributed by atoms with Gasteiger partial charge < -0.3 is 4.74 Å². The van der Waals surface area contributed by atoms with Crippen LogP contribution in [-0.4, -0.2) is 31.8 Å². The van der Waals surface area contributed by atoms with Crippen LogP contribution in [0.5, 0.6) is 5.75 Å². The predicted molar refractivity (Wildman–Crippen MR) is 119 cm³/mol. The Balaban J connectivity index is 1.71. The fourth-order valence-electron chi connectivity index (χ4n) is 3.66. The third-order valence-electron chi connectivity index (χ3n) is 5.54. The molecule has 0 atom stereocenters. The minimum atomic E-state index is -3.80. The smallest absolute Gasteiger partial charge is 0.314 e. The van der Waals surface area contributed by atoms with E-state index in [1.165, 1.54) is 16.4 Å². The van der Waals surface area contributed by atoms with E-state index in [1.54, 1.807) is 18.2 Å². The van der Waals surface area contributed by atoms with E-state index >= 15 is 0 Å². The fourth-order valence-corrected chi connectivity index (χ4v) is 5.44. The number of sulfonamides is 1. The molecule has 3 rings (SSSR count). The Hall–Kier alpha value is -2.40. The van der Waals surface area contributed by atoms with Gasteiger partial charge in [0.1, 0.15) is 11.8 Å². The summed E-state index contributed by atoms with van der Waals surface area (Å²) in [5, 5.41) is 9.86. The minimum Gasteiger partial charge on any atom is -0.426 e. The van der Waals surface area contributed by atoms with Crippen LogP contribution in [0.15, 0.2) is 41.3 Å². The van der Waals surface area contributed by atoms with Crippen molar-refractivity contribution in [2.24, 2.45) is 5.92 Å². The number of carbonyl (C=O) groups is 1. The Morgan fingerprint density at radius 3 is 2.48 bits per heavy atom. The number of nitriles is 1. The molecular formula is C23H25ClN2O4S. The quantitative estimate of drug-likeness (QED) is 0.478. The van der Waals surface area contributed by atoms with Crippen LogP contribution in [0.25, 0.3) is 0 Å². The average Bonchev–Trinajstić information content (AvgIpc) is 2.75. The Kier molecular flexibility index (Phi) is 7.05.